The van der Waals surface area contributed by atoms with Gasteiger partial charge in [-0.3, -0.25) is 4.79 Å². The molecule has 0 radical (unpaired) electrons. The minimum atomic E-state index is -0.154. The summed E-state index contributed by atoms with van der Waals surface area (Å²) in [6.07, 6.45) is 1.83. The van der Waals surface area contributed by atoms with Gasteiger partial charge in [-0.15, -0.1) is 0 Å². The van der Waals surface area contributed by atoms with Crippen LogP contribution in [0.5, 0.6) is 0 Å². The number of nitrogen functional groups attached to an aromatic ring is 1. The summed E-state index contributed by atoms with van der Waals surface area (Å²) in [5.41, 5.74) is 7.56. The Morgan fingerprint density at radius 3 is 2.76 bits per heavy atom. The fourth-order valence-corrected chi connectivity index (χ4v) is 1.57. The predicted molar refractivity (Wildman–Crippen MR) is 66.4 cm³/mol. The van der Waals surface area contributed by atoms with Crippen LogP contribution >= 0.6 is 0 Å². The summed E-state index contributed by atoms with van der Waals surface area (Å²) < 4.78 is 1.77. The maximum atomic E-state index is 12.0. The van der Waals surface area contributed by atoms with Crippen molar-refractivity contribution in [2.75, 3.05) is 11.1 Å². The number of nitrogens with two attached hydrogens (primary N) is 1. The van der Waals surface area contributed by atoms with E-state index in [1.807, 2.05) is 25.4 Å². The van der Waals surface area contributed by atoms with E-state index in [-0.39, 0.29) is 5.91 Å². The van der Waals surface area contributed by atoms with E-state index in [2.05, 4.69) is 5.32 Å². The minimum absolute atomic E-state index is 0.154. The molecule has 0 saturated carbocycles. The van der Waals surface area contributed by atoms with Crippen molar-refractivity contribution in [3.63, 3.8) is 0 Å². The monoisotopic (exact) mass is 228 g/mol. The van der Waals surface area contributed by atoms with Crippen molar-refractivity contribution in [2.45, 2.75) is 0 Å². The number of aryl methyl sites for hydroxylation is 1. The number of nitrogens with one attached hydrogen (secondary N) is 1. The van der Waals surface area contributed by atoms with Crippen LogP contribution < -0.4 is 15.6 Å². The molecule has 17 heavy (non-hydrogen) atoms. The lowest BCUT2D eigenvalue weighted by Crippen LogP contribution is -2.37. The fraction of sp³-hybridized carbons (Fsp3) is 0.0769. The number of hydrogen-bond acceptors (Lipinski definition) is 2. The molecule has 0 aliphatic heterocycles. The van der Waals surface area contributed by atoms with Gasteiger partial charge in [-0.25, -0.2) is 0 Å². The molecule has 4 nitrogen and oxygen atoms in total. The van der Waals surface area contributed by atoms with Gasteiger partial charge in [0.25, 0.3) is 5.69 Å². The van der Waals surface area contributed by atoms with Gasteiger partial charge in [0.05, 0.1) is 0 Å². The SMILES string of the molecule is C[n+]1ccccc1C(=O)Nc1cccc(N)c1. The lowest BCUT2D eigenvalue weighted by atomic mass is 10.2. The van der Waals surface area contributed by atoms with E-state index in [1.165, 1.54) is 0 Å². The number of nitrogens with zero attached hydrogens (tertiary/aromatic N) is 1. The van der Waals surface area contributed by atoms with Crippen LogP contribution in [0.25, 0.3) is 0 Å². The summed E-state index contributed by atoms with van der Waals surface area (Å²) in [5, 5.41) is 2.80. The van der Waals surface area contributed by atoms with Gasteiger partial charge in [0, 0.05) is 23.5 Å². The number of benzene rings is 1. The average Bonchev–Trinajstić information content (AvgIpc) is 2.29. The molecule has 1 heterocycles. The number of amides is 1. The summed E-state index contributed by atoms with van der Waals surface area (Å²) in [5.74, 6) is -0.154. The van der Waals surface area contributed by atoms with Crippen LogP contribution in [-0.2, 0) is 7.05 Å². The number of anilines is 2. The Hall–Kier alpha value is -2.36. The molecule has 3 N–H and O–H groups in total. The van der Waals surface area contributed by atoms with Crippen LogP contribution in [0.4, 0.5) is 11.4 Å². The molecular formula is C13H14N3O+. The van der Waals surface area contributed by atoms with Gasteiger partial charge >= 0.3 is 5.91 Å². The highest BCUT2D eigenvalue weighted by Crippen LogP contribution is 2.12. The quantitative estimate of drug-likeness (QED) is 0.602. The van der Waals surface area contributed by atoms with Crippen molar-refractivity contribution in [1.82, 2.24) is 0 Å². The normalized spacial score (nSPS) is 9.94. The van der Waals surface area contributed by atoms with Crippen molar-refractivity contribution >= 4 is 17.3 Å². The standard InChI is InChI=1S/C13H13N3O/c1-16-8-3-2-7-12(16)13(17)15-11-6-4-5-10(14)9-11/h2-9H,14H2,1H3/p+1. The molecule has 1 amide bonds. The second-order valence-electron chi connectivity index (χ2n) is 3.78. The van der Waals surface area contributed by atoms with E-state index in [0.29, 0.717) is 17.1 Å². The Balaban J connectivity index is 2.20. The van der Waals surface area contributed by atoms with Crippen molar-refractivity contribution in [2.24, 2.45) is 7.05 Å². The first-order valence-electron chi connectivity index (χ1n) is 5.28. The Kier molecular flexibility index (Phi) is 3.05. The highest BCUT2D eigenvalue weighted by molar-refractivity contribution is 6.01. The van der Waals surface area contributed by atoms with E-state index in [9.17, 15) is 4.79 Å². The van der Waals surface area contributed by atoms with Gasteiger partial charge in [-0.2, -0.15) is 4.57 Å². The minimum Gasteiger partial charge on any atom is -0.399 e. The molecule has 4 heteroatoms. The molecule has 0 aliphatic rings. The fourth-order valence-electron chi connectivity index (χ4n) is 1.57. The largest absolute Gasteiger partial charge is 0.399 e. The molecule has 0 unspecified atom stereocenters. The highest BCUT2D eigenvalue weighted by Gasteiger charge is 2.15. The molecule has 1 aromatic carbocycles. The van der Waals surface area contributed by atoms with E-state index >= 15 is 0 Å². The molecular weight excluding hydrogens is 214 g/mol. The topological polar surface area (TPSA) is 59.0 Å². The number of rotatable bonds is 2. The van der Waals surface area contributed by atoms with Gasteiger partial charge in [0.1, 0.15) is 7.05 Å². The molecule has 0 spiro atoms. The summed E-state index contributed by atoms with van der Waals surface area (Å²) >= 11 is 0. The van der Waals surface area contributed by atoms with Gasteiger partial charge in [0.15, 0.2) is 6.20 Å². The molecule has 0 fully saturated rings. The summed E-state index contributed by atoms with van der Waals surface area (Å²) in [7, 11) is 1.83. The molecule has 0 atom stereocenters. The van der Waals surface area contributed by atoms with E-state index in [4.69, 9.17) is 5.73 Å². The summed E-state index contributed by atoms with van der Waals surface area (Å²) in [6, 6.07) is 12.6. The Labute approximate surface area is 99.7 Å². The predicted octanol–water partition coefficient (Wildman–Crippen LogP) is 1.35. The van der Waals surface area contributed by atoms with Gasteiger partial charge < -0.3 is 11.1 Å². The molecule has 0 saturated heterocycles. The smallest absolute Gasteiger partial charge is 0.320 e. The van der Waals surface area contributed by atoms with Crippen molar-refractivity contribution in [1.29, 1.82) is 0 Å². The van der Waals surface area contributed by atoms with Crippen LogP contribution in [-0.4, -0.2) is 5.91 Å². The first-order chi connectivity index (χ1) is 8.16. The average molecular weight is 228 g/mol. The van der Waals surface area contributed by atoms with Crippen LogP contribution in [0.3, 0.4) is 0 Å². The summed E-state index contributed by atoms with van der Waals surface area (Å²) in [4.78, 5) is 12.0. The van der Waals surface area contributed by atoms with Crippen LogP contribution in [0, 0.1) is 0 Å². The van der Waals surface area contributed by atoms with Crippen molar-refractivity contribution in [3.05, 3.63) is 54.4 Å². The van der Waals surface area contributed by atoms with Gasteiger partial charge in [-0.1, -0.05) is 6.07 Å². The molecule has 0 aliphatic carbocycles. The van der Waals surface area contributed by atoms with Gasteiger partial charge in [0.2, 0.25) is 0 Å². The van der Waals surface area contributed by atoms with Crippen LogP contribution in [0.15, 0.2) is 48.7 Å². The number of carbonyl (C=O) groups is 1. The third-order valence-corrected chi connectivity index (χ3v) is 2.43. The molecule has 0 bridgehead atoms. The van der Waals surface area contributed by atoms with E-state index in [0.717, 1.165) is 0 Å². The second-order valence-corrected chi connectivity index (χ2v) is 3.78. The molecule has 86 valence electrons. The first-order valence-corrected chi connectivity index (χ1v) is 5.28. The first kappa shape index (κ1) is 11.1. The lowest BCUT2D eigenvalue weighted by Gasteiger charge is -2.04. The number of aromatic nitrogens is 1. The summed E-state index contributed by atoms with van der Waals surface area (Å²) in [6.45, 7) is 0. The molecule has 2 rings (SSSR count). The van der Waals surface area contributed by atoms with Crippen LogP contribution in [0.1, 0.15) is 10.5 Å². The second kappa shape index (κ2) is 4.65. The zero-order chi connectivity index (χ0) is 12.3. The third kappa shape index (κ3) is 2.60. The number of hydrogen-bond donors (Lipinski definition) is 2. The van der Waals surface area contributed by atoms with E-state index in [1.54, 1.807) is 34.9 Å². The zero-order valence-corrected chi connectivity index (χ0v) is 9.55. The van der Waals surface area contributed by atoms with Crippen molar-refractivity contribution < 1.29 is 9.36 Å². The van der Waals surface area contributed by atoms with Crippen LogP contribution in [0.2, 0.25) is 0 Å². The third-order valence-electron chi connectivity index (χ3n) is 2.43. The number of carbonyl (C=O) groups excluding carboxylic acids is 1. The van der Waals surface area contributed by atoms with Crippen molar-refractivity contribution in [3.8, 4) is 0 Å². The molecule has 2 aromatic rings. The lowest BCUT2D eigenvalue weighted by molar-refractivity contribution is -0.673. The maximum absolute atomic E-state index is 12.0. The molecule has 1 aromatic heterocycles. The Morgan fingerprint density at radius 1 is 1.24 bits per heavy atom. The Morgan fingerprint density at radius 2 is 2.06 bits per heavy atom. The van der Waals surface area contributed by atoms with Gasteiger partial charge in [-0.05, 0) is 24.3 Å². The van der Waals surface area contributed by atoms with E-state index < -0.39 is 0 Å². The highest BCUT2D eigenvalue weighted by atomic mass is 16.1. The zero-order valence-electron chi connectivity index (χ0n) is 9.55. The Bertz CT molecular complexity index is 552. The number of pyridine rings is 1. The maximum Gasteiger partial charge on any atom is 0.320 e.